The molecule has 3 nitrogen and oxygen atoms in total. The first-order chi connectivity index (χ1) is 9.86. The minimum atomic E-state index is 0.765. The third kappa shape index (κ3) is 2.70. The Kier molecular flexibility index (Phi) is 3.74. The molecule has 0 radical (unpaired) electrons. The number of hydrogen-bond acceptors (Lipinski definition) is 4. The van der Waals surface area contributed by atoms with E-state index < -0.39 is 0 Å². The van der Waals surface area contributed by atoms with Gasteiger partial charge in [0.1, 0.15) is 5.75 Å². The first kappa shape index (κ1) is 12.8. The van der Waals surface area contributed by atoms with Crippen molar-refractivity contribution in [1.29, 1.82) is 0 Å². The summed E-state index contributed by atoms with van der Waals surface area (Å²) in [5.41, 5.74) is 3.02. The van der Waals surface area contributed by atoms with Crippen LogP contribution in [-0.2, 0) is 6.42 Å². The van der Waals surface area contributed by atoms with E-state index in [1.165, 1.54) is 0 Å². The summed E-state index contributed by atoms with van der Waals surface area (Å²) in [6.07, 6.45) is 2.57. The molecule has 0 bridgehead atoms. The summed E-state index contributed by atoms with van der Waals surface area (Å²) in [4.78, 5) is 9.01. The van der Waals surface area contributed by atoms with Crippen molar-refractivity contribution in [2.24, 2.45) is 0 Å². The quantitative estimate of drug-likeness (QED) is 0.730. The molecule has 0 fully saturated rings. The van der Waals surface area contributed by atoms with Gasteiger partial charge in [-0.1, -0.05) is 18.2 Å². The lowest BCUT2D eigenvalue weighted by Crippen LogP contribution is -1.91. The normalized spacial score (nSPS) is 10.4. The van der Waals surface area contributed by atoms with Crippen molar-refractivity contribution in [1.82, 2.24) is 9.97 Å². The van der Waals surface area contributed by atoms with Crippen LogP contribution in [0.15, 0.2) is 54.0 Å². The van der Waals surface area contributed by atoms with Crippen molar-refractivity contribution in [2.45, 2.75) is 6.42 Å². The van der Waals surface area contributed by atoms with Crippen LogP contribution in [0.3, 0.4) is 0 Å². The SMILES string of the molecule is COc1ccccc1-c1csc(Cc2ccccn2)n1. The summed E-state index contributed by atoms with van der Waals surface area (Å²) in [5.74, 6) is 0.849. The Labute approximate surface area is 121 Å². The number of aromatic nitrogens is 2. The molecular weight excluding hydrogens is 268 g/mol. The molecule has 0 saturated heterocycles. The number of rotatable bonds is 4. The molecular formula is C16H14N2OS. The first-order valence-electron chi connectivity index (χ1n) is 6.34. The molecule has 3 aromatic rings. The zero-order chi connectivity index (χ0) is 13.8. The third-order valence-corrected chi connectivity index (χ3v) is 3.84. The average Bonchev–Trinajstić information content (AvgIpc) is 2.96. The summed E-state index contributed by atoms with van der Waals surface area (Å²) < 4.78 is 5.38. The van der Waals surface area contributed by atoms with Crippen LogP contribution in [0.5, 0.6) is 5.75 Å². The molecule has 0 aliphatic heterocycles. The molecule has 0 unspecified atom stereocenters. The molecule has 0 saturated carbocycles. The van der Waals surface area contributed by atoms with Crippen molar-refractivity contribution in [3.8, 4) is 17.0 Å². The summed E-state index contributed by atoms with van der Waals surface area (Å²) in [6, 6.07) is 13.9. The maximum Gasteiger partial charge on any atom is 0.128 e. The monoisotopic (exact) mass is 282 g/mol. The standard InChI is InChI=1S/C16H14N2OS/c1-19-15-8-3-2-7-13(15)14-11-20-16(18-14)10-12-6-4-5-9-17-12/h2-9,11H,10H2,1H3. The van der Waals surface area contributed by atoms with Gasteiger partial charge in [-0.2, -0.15) is 0 Å². The third-order valence-electron chi connectivity index (χ3n) is 2.99. The number of thiazole rings is 1. The lowest BCUT2D eigenvalue weighted by molar-refractivity contribution is 0.416. The van der Waals surface area contributed by atoms with Gasteiger partial charge >= 0.3 is 0 Å². The molecule has 0 atom stereocenters. The molecule has 0 N–H and O–H groups in total. The Hall–Kier alpha value is -2.20. The first-order valence-corrected chi connectivity index (χ1v) is 7.22. The maximum atomic E-state index is 5.38. The Bertz CT molecular complexity index is 694. The van der Waals surface area contributed by atoms with Gasteiger partial charge in [-0.25, -0.2) is 4.98 Å². The molecule has 3 rings (SSSR count). The summed E-state index contributed by atoms with van der Waals surface area (Å²) in [7, 11) is 1.68. The summed E-state index contributed by atoms with van der Waals surface area (Å²) in [5, 5.41) is 3.13. The Morgan fingerprint density at radius 3 is 2.75 bits per heavy atom. The topological polar surface area (TPSA) is 35.0 Å². The van der Waals surface area contributed by atoms with Crippen molar-refractivity contribution < 1.29 is 4.74 Å². The number of hydrogen-bond donors (Lipinski definition) is 0. The molecule has 0 spiro atoms. The van der Waals surface area contributed by atoms with Gasteiger partial charge in [0.15, 0.2) is 0 Å². The summed E-state index contributed by atoms with van der Waals surface area (Å²) >= 11 is 1.65. The van der Waals surface area contributed by atoms with E-state index in [4.69, 9.17) is 4.74 Å². The average molecular weight is 282 g/mol. The predicted octanol–water partition coefficient (Wildman–Crippen LogP) is 3.80. The lowest BCUT2D eigenvalue weighted by Gasteiger charge is -2.04. The number of methoxy groups -OCH3 is 1. The van der Waals surface area contributed by atoms with Crippen LogP contribution in [0, 0.1) is 0 Å². The fourth-order valence-electron chi connectivity index (χ4n) is 2.03. The number of pyridine rings is 1. The van der Waals surface area contributed by atoms with Gasteiger partial charge in [-0.15, -0.1) is 11.3 Å². The Balaban J connectivity index is 1.87. The largest absolute Gasteiger partial charge is 0.496 e. The molecule has 4 heteroatoms. The highest BCUT2D eigenvalue weighted by Gasteiger charge is 2.09. The van der Waals surface area contributed by atoms with E-state index in [0.717, 1.165) is 34.1 Å². The van der Waals surface area contributed by atoms with Crippen LogP contribution in [0.4, 0.5) is 0 Å². The highest BCUT2D eigenvalue weighted by molar-refractivity contribution is 7.10. The lowest BCUT2D eigenvalue weighted by atomic mass is 10.1. The Morgan fingerprint density at radius 2 is 1.95 bits per heavy atom. The van der Waals surface area contributed by atoms with Crippen molar-refractivity contribution in [3.05, 3.63) is 64.7 Å². The predicted molar refractivity (Wildman–Crippen MR) is 81.1 cm³/mol. The molecule has 100 valence electrons. The fraction of sp³-hybridized carbons (Fsp3) is 0.125. The van der Waals surface area contributed by atoms with Gasteiger partial charge in [0.25, 0.3) is 0 Å². The van der Waals surface area contributed by atoms with E-state index in [2.05, 4.69) is 15.3 Å². The van der Waals surface area contributed by atoms with Gasteiger partial charge in [-0.05, 0) is 24.3 Å². The van der Waals surface area contributed by atoms with Crippen LogP contribution < -0.4 is 4.74 Å². The molecule has 2 heterocycles. The molecule has 1 aromatic carbocycles. The van der Waals surface area contributed by atoms with E-state index in [1.54, 1.807) is 18.4 Å². The molecule has 0 aliphatic rings. The molecule has 0 amide bonds. The van der Waals surface area contributed by atoms with Gasteiger partial charge in [-0.3, -0.25) is 4.98 Å². The number of benzene rings is 1. The minimum absolute atomic E-state index is 0.765. The van der Waals surface area contributed by atoms with Crippen LogP contribution in [0.2, 0.25) is 0 Å². The fourth-order valence-corrected chi connectivity index (χ4v) is 2.84. The maximum absolute atomic E-state index is 5.38. The van der Waals surface area contributed by atoms with Crippen molar-refractivity contribution in [2.75, 3.05) is 7.11 Å². The number of nitrogens with zero attached hydrogens (tertiary/aromatic N) is 2. The second-order valence-corrected chi connectivity index (χ2v) is 5.27. The van der Waals surface area contributed by atoms with E-state index >= 15 is 0 Å². The highest BCUT2D eigenvalue weighted by atomic mass is 32.1. The molecule has 20 heavy (non-hydrogen) atoms. The number of ether oxygens (including phenoxy) is 1. The molecule has 0 aliphatic carbocycles. The number of para-hydroxylation sites is 1. The zero-order valence-corrected chi connectivity index (χ0v) is 11.9. The second kappa shape index (κ2) is 5.84. The van der Waals surface area contributed by atoms with Crippen LogP contribution in [-0.4, -0.2) is 17.1 Å². The highest BCUT2D eigenvalue weighted by Crippen LogP contribution is 2.30. The van der Waals surface area contributed by atoms with Crippen molar-refractivity contribution >= 4 is 11.3 Å². The van der Waals surface area contributed by atoms with E-state index in [-0.39, 0.29) is 0 Å². The summed E-state index contributed by atoms with van der Waals surface area (Å²) in [6.45, 7) is 0. The zero-order valence-electron chi connectivity index (χ0n) is 11.1. The van der Waals surface area contributed by atoms with Gasteiger partial charge in [0.2, 0.25) is 0 Å². The smallest absolute Gasteiger partial charge is 0.128 e. The van der Waals surface area contributed by atoms with Crippen molar-refractivity contribution in [3.63, 3.8) is 0 Å². The Morgan fingerprint density at radius 1 is 1.10 bits per heavy atom. The minimum Gasteiger partial charge on any atom is -0.496 e. The van der Waals surface area contributed by atoms with Crippen LogP contribution >= 0.6 is 11.3 Å². The van der Waals surface area contributed by atoms with E-state index in [9.17, 15) is 0 Å². The second-order valence-electron chi connectivity index (χ2n) is 4.32. The molecule has 2 aromatic heterocycles. The van der Waals surface area contributed by atoms with Gasteiger partial charge in [0.05, 0.1) is 17.8 Å². The van der Waals surface area contributed by atoms with Crippen LogP contribution in [0.1, 0.15) is 10.7 Å². The van der Waals surface area contributed by atoms with E-state index in [0.29, 0.717) is 0 Å². The van der Waals surface area contributed by atoms with Crippen LogP contribution in [0.25, 0.3) is 11.3 Å². The van der Waals surface area contributed by atoms with Gasteiger partial charge < -0.3 is 4.74 Å². The van der Waals surface area contributed by atoms with E-state index in [1.807, 2.05) is 48.7 Å². The van der Waals surface area contributed by atoms with Gasteiger partial charge in [0, 0.05) is 29.3 Å².